The number of hydrogen-bond donors (Lipinski definition) is 0. The molecule has 17 heavy (non-hydrogen) atoms. The fourth-order valence-electron chi connectivity index (χ4n) is 2.55. The molecule has 0 N–H and O–H groups in total. The van der Waals surface area contributed by atoms with E-state index in [1.54, 1.807) is 0 Å². The summed E-state index contributed by atoms with van der Waals surface area (Å²) in [5, 5.41) is 0. The van der Waals surface area contributed by atoms with E-state index in [9.17, 15) is 9.59 Å². The Morgan fingerprint density at radius 3 is 2.65 bits per heavy atom. The highest BCUT2D eigenvalue weighted by Gasteiger charge is 2.40. The molecule has 0 saturated heterocycles. The number of fused-ring (bicyclic) bond motifs is 2. The highest BCUT2D eigenvalue weighted by Crippen LogP contribution is 2.43. The second-order valence-electron chi connectivity index (χ2n) is 4.71. The van der Waals surface area contributed by atoms with Crippen LogP contribution in [0, 0.1) is 17.8 Å². The van der Waals surface area contributed by atoms with Gasteiger partial charge in [0, 0.05) is 0 Å². The minimum atomic E-state index is -0.459. The van der Waals surface area contributed by atoms with Gasteiger partial charge in [0.2, 0.25) is 0 Å². The third-order valence-electron chi connectivity index (χ3n) is 3.38. The van der Waals surface area contributed by atoms with E-state index in [4.69, 9.17) is 9.47 Å². The van der Waals surface area contributed by atoms with E-state index in [0.29, 0.717) is 18.4 Å². The number of carbonyl (C=O) groups excluding carboxylic acids is 2. The van der Waals surface area contributed by atoms with Gasteiger partial charge < -0.3 is 9.47 Å². The summed E-state index contributed by atoms with van der Waals surface area (Å²) in [6, 6.07) is 0. The van der Waals surface area contributed by atoms with Gasteiger partial charge in [0.1, 0.15) is 0 Å². The maximum atomic E-state index is 11.7. The van der Waals surface area contributed by atoms with Crippen LogP contribution in [0.3, 0.4) is 0 Å². The van der Waals surface area contributed by atoms with Gasteiger partial charge in [-0.05, 0) is 31.1 Å². The van der Waals surface area contributed by atoms with Crippen LogP contribution in [-0.2, 0) is 19.1 Å². The van der Waals surface area contributed by atoms with E-state index in [2.05, 4.69) is 12.2 Å². The van der Waals surface area contributed by atoms with Crippen LogP contribution >= 0.6 is 0 Å². The normalized spacial score (nSPS) is 29.4. The molecule has 1 fully saturated rings. The largest absolute Gasteiger partial charge is 0.463 e. The predicted molar refractivity (Wildman–Crippen MR) is 61.1 cm³/mol. The Kier molecular flexibility index (Phi) is 3.82. The van der Waals surface area contributed by atoms with Crippen LogP contribution in [0.15, 0.2) is 12.2 Å². The summed E-state index contributed by atoms with van der Waals surface area (Å²) in [5.74, 6) is 0.0851. The molecule has 0 spiro atoms. The average Bonchev–Trinajstić information content (AvgIpc) is 2.95. The summed E-state index contributed by atoms with van der Waals surface area (Å²) < 4.78 is 9.83. The molecule has 4 nitrogen and oxygen atoms in total. The third-order valence-corrected chi connectivity index (χ3v) is 3.38. The van der Waals surface area contributed by atoms with E-state index < -0.39 is 5.97 Å². The monoisotopic (exact) mass is 238 g/mol. The summed E-state index contributed by atoms with van der Waals surface area (Å²) in [5.41, 5.74) is 0. The molecule has 2 aliphatic carbocycles. The Morgan fingerprint density at radius 1 is 1.24 bits per heavy atom. The van der Waals surface area contributed by atoms with Crippen molar-refractivity contribution in [1.29, 1.82) is 0 Å². The molecule has 0 aromatic heterocycles. The van der Waals surface area contributed by atoms with E-state index in [1.807, 2.05) is 6.92 Å². The second kappa shape index (κ2) is 5.34. The Balaban J connectivity index is 1.71. The van der Waals surface area contributed by atoms with Crippen molar-refractivity contribution >= 4 is 11.9 Å². The van der Waals surface area contributed by atoms with Gasteiger partial charge in [-0.2, -0.15) is 0 Å². The lowest BCUT2D eigenvalue weighted by molar-refractivity contribution is -0.161. The van der Waals surface area contributed by atoms with Gasteiger partial charge in [-0.1, -0.05) is 19.1 Å². The summed E-state index contributed by atoms with van der Waals surface area (Å²) >= 11 is 0. The van der Waals surface area contributed by atoms with E-state index in [-0.39, 0.29) is 18.5 Å². The number of hydrogen-bond acceptors (Lipinski definition) is 4. The number of allylic oxidation sites excluding steroid dienone is 2. The van der Waals surface area contributed by atoms with E-state index in [1.165, 1.54) is 0 Å². The van der Waals surface area contributed by atoms with Crippen molar-refractivity contribution in [3.05, 3.63) is 12.2 Å². The molecule has 0 heterocycles. The van der Waals surface area contributed by atoms with E-state index >= 15 is 0 Å². The van der Waals surface area contributed by atoms with Crippen LogP contribution in [0.2, 0.25) is 0 Å². The fourth-order valence-corrected chi connectivity index (χ4v) is 2.55. The van der Waals surface area contributed by atoms with Gasteiger partial charge in [0.05, 0.1) is 12.5 Å². The Hall–Kier alpha value is -1.32. The first-order valence-electron chi connectivity index (χ1n) is 6.21. The van der Waals surface area contributed by atoms with Crippen LogP contribution in [-0.4, -0.2) is 25.2 Å². The van der Waals surface area contributed by atoms with Gasteiger partial charge in [-0.25, -0.2) is 4.79 Å². The van der Waals surface area contributed by atoms with Gasteiger partial charge in [-0.15, -0.1) is 0 Å². The van der Waals surface area contributed by atoms with Crippen LogP contribution in [0.25, 0.3) is 0 Å². The molecule has 2 rings (SSSR count). The van der Waals surface area contributed by atoms with Crippen LogP contribution in [0.4, 0.5) is 0 Å². The average molecular weight is 238 g/mol. The zero-order valence-electron chi connectivity index (χ0n) is 10.1. The van der Waals surface area contributed by atoms with Gasteiger partial charge in [0.15, 0.2) is 6.61 Å². The first-order valence-corrected chi connectivity index (χ1v) is 6.21. The van der Waals surface area contributed by atoms with Crippen LogP contribution in [0.1, 0.15) is 26.2 Å². The van der Waals surface area contributed by atoms with Crippen molar-refractivity contribution in [2.75, 3.05) is 13.2 Å². The molecule has 0 aromatic carbocycles. The minimum Gasteiger partial charge on any atom is -0.463 e. The van der Waals surface area contributed by atoms with Gasteiger partial charge >= 0.3 is 11.9 Å². The molecular formula is C13H18O4. The molecule has 1 saturated carbocycles. The van der Waals surface area contributed by atoms with Gasteiger partial charge in [-0.3, -0.25) is 4.79 Å². The van der Waals surface area contributed by atoms with E-state index in [0.717, 1.165) is 19.3 Å². The van der Waals surface area contributed by atoms with Crippen molar-refractivity contribution < 1.29 is 19.1 Å². The number of rotatable bonds is 5. The molecule has 0 radical (unpaired) electrons. The van der Waals surface area contributed by atoms with Gasteiger partial charge in [0.25, 0.3) is 0 Å². The summed E-state index contributed by atoms with van der Waals surface area (Å²) in [6.45, 7) is 2.05. The lowest BCUT2D eigenvalue weighted by atomic mass is 9.94. The van der Waals surface area contributed by atoms with Crippen molar-refractivity contribution in [3.63, 3.8) is 0 Å². The smallest absolute Gasteiger partial charge is 0.344 e. The van der Waals surface area contributed by atoms with Crippen molar-refractivity contribution in [1.82, 2.24) is 0 Å². The molecule has 0 aromatic rings. The van der Waals surface area contributed by atoms with Crippen molar-refractivity contribution in [2.24, 2.45) is 17.8 Å². The standard InChI is InChI=1S/C13H18O4/c1-2-5-16-12(14)8-17-13(15)11-7-9-3-4-10(11)6-9/h3-4,9-11H,2,5-8H2,1H3. The molecule has 0 amide bonds. The number of ether oxygens (including phenoxy) is 2. The Labute approximate surface area is 101 Å². The lowest BCUT2D eigenvalue weighted by Gasteiger charge is -2.16. The summed E-state index contributed by atoms with van der Waals surface area (Å²) in [4.78, 5) is 22.9. The predicted octanol–water partition coefficient (Wildman–Crippen LogP) is 1.70. The molecule has 2 aliphatic rings. The fraction of sp³-hybridized carbons (Fsp3) is 0.692. The Bertz CT molecular complexity index is 334. The number of esters is 2. The maximum Gasteiger partial charge on any atom is 0.344 e. The first-order chi connectivity index (χ1) is 8.20. The molecule has 3 atom stereocenters. The zero-order chi connectivity index (χ0) is 12.3. The highest BCUT2D eigenvalue weighted by atomic mass is 16.6. The number of carbonyl (C=O) groups is 2. The van der Waals surface area contributed by atoms with Crippen LogP contribution in [0.5, 0.6) is 0 Å². The topological polar surface area (TPSA) is 52.6 Å². The van der Waals surface area contributed by atoms with Crippen molar-refractivity contribution in [3.8, 4) is 0 Å². The highest BCUT2D eigenvalue weighted by molar-refractivity contribution is 5.78. The first kappa shape index (κ1) is 12.1. The Morgan fingerprint density at radius 2 is 2.06 bits per heavy atom. The molecule has 2 bridgehead atoms. The lowest BCUT2D eigenvalue weighted by Crippen LogP contribution is -2.25. The summed E-state index contributed by atoms with van der Waals surface area (Å²) in [7, 11) is 0. The molecule has 0 aliphatic heterocycles. The molecule has 3 unspecified atom stereocenters. The minimum absolute atomic E-state index is 0.0519. The third kappa shape index (κ3) is 2.87. The second-order valence-corrected chi connectivity index (χ2v) is 4.71. The molecule has 94 valence electrons. The molecular weight excluding hydrogens is 220 g/mol. The maximum absolute atomic E-state index is 11.7. The summed E-state index contributed by atoms with van der Waals surface area (Å²) in [6.07, 6.45) is 6.96. The van der Waals surface area contributed by atoms with Crippen LogP contribution < -0.4 is 0 Å². The quantitative estimate of drug-likeness (QED) is 0.540. The SMILES string of the molecule is CCCOC(=O)COC(=O)C1CC2C=CC1C2. The zero-order valence-corrected chi connectivity index (χ0v) is 10.1. The molecule has 4 heteroatoms. The van der Waals surface area contributed by atoms with Crippen molar-refractivity contribution in [2.45, 2.75) is 26.2 Å².